The maximum absolute atomic E-state index is 11.7. The first-order chi connectivity index (χ1) is 4.87. The molecule has 2 unspecified atom stereocenters. The smallest absolute Gasteiger partial charge is 0.389 e. The number of alkyl halides is 3. The molecule has 1 nitrogen and oxygen atoms in total. The molecular weight excluding hydrogens is 173 g/mol. The van der Waals surface area contributed by atoms with Gasteiger partial charge in [-0.1, -0.05) is 6.92 Å². The molecule has 0 bridgehead atoms. The molecule has 0 saturated carbocycles. The van der Waals surface area contributed by atoms with E-state index in [4.69, 9.17) is 0 Å². The van der Waals surface area contributed by atoms with Gasteiger partial charge in [0.2, 0.25) is 0 Å². The van der Waals surface area contributed by atoms with Crippen LogP contribution in [0.1, 0.15) is 13.3 Å². The second kappa shape index (κ2) is 2.48. The first-order valence-electron chi connectivity index (χ1n) is 3.66. The van der Waals surface area contributed by atoms with Crippen LogP contribution in [-0.2, 0) is 0 Å². The predicted octanol–water partition coefficient (Wildman–Crippen LogP) is 2.28. The van der Waals surface area contributed by atoms with Crippen LogP contribution in [0.2, 0.25) is 17.6 Å². The number of halogens is 3. The summed E-state index contributed by atoms with van der Waals surface area (Å²) in [4.78, 5) is 9.40. The fraction of sp³-hybridized carbons (Fsp3) is 1.00. The third kappa shape index (κ3) is 2.20. The third-order valence-electron chi connectivity index (χ3n) is 2.29. The van der Waals surface area contributed by atoms with E-state index in [9.17, 15) is 18.0 Å². The van der Waals surface area contributed by atoms with Gasteiger partial charge in [0.15, 0.2) is 8.32 Å². The zero-order valence-electron chi connectivity index (χ0n) is 6.28. The lowest BCUT2D eigenvalue weighted by molar-refractivity contribution is -0.133. The van der Waals surface area contributed by atoms with E-state index in [1.54, 1.807) is 6.92 Å². The molecule has 1 heterocycles. The van der Waals surface area contributed by atoms with Crippen LogP contribution in [0, 0.1) is 0 Å². The molecule has 0 aromatic rings. The summed E-state index contributed by atoms with van der Waals surface area (Å²) in [7, 11) is -2.34. The monoisotopic (exact) mass is 184 g/mol. The van der Waals surface area contributed by atoms with Crippen molar-refractivity contribution in [2.24, 2.45) is 0 Å². The van der Waals surface area contributed by atoms with Gasteiger partial charge in [-0.2, -0.15) is 13.2 Å². The largest absolute Gasteiger partial charge is 0.431 e. The molecule has 1 fully saturated rings. The van der Waals surface area contributed by atoms with Crippen LogP contribution in [0.4, 0.5) is 13.2 Å². The Hall–Kier alpha value is -0.0331. The van der Waals surface area contributed by atoms with Crippen molar-refractivity contribution in [1.29, 1.82) is 0 Å². The van der Waals surface area contributed by atoms with Gasteiger partial charge in [-0.15, -0.1) is 0 Å². The molecule has 1 N–H and O–H groups in total. The Kier molecular flexibility index (Phi) is 2.04. The molecule has 0 aromatic carbocycles. The van der Waals surface area contributed by atoms with Crippen molar-refractivity contribution >= 4 is 8.32 Å². The number of hydrogen-bond acceptors (Lipinski definition) is 1. The van der Waals surface area contributed by atoms with Crippen LogP contribution in [0.25, 0.3) is 0 Å². The highest BCUT2D eigenvalue weighted by atomic mass is 28.4. The van der Waals surface area contributed by atoms with Crippen LogP contribution in [0.15, 0.2) is 0 Å². The highest BCUT2D eigenvalue weighted by Crippen LogP contribution is 2.54. The summed E-state index contributed by atoms with van der Waals surface area (Å²) in [5, 5.41) is 0. The Morgan fingerprint density at radius 1 is 1.55 bits per heavy atom. The standard InChI is InChI=1S/C6H11F3OSi/c1-2-11(10)4-5(11)3-6(7,8)9/h5,10H,2-4H2,1H3. The van der Waals surface area contributed by atoms with E-state index in [1.807, 2.05) is 0 Å². The Bertz CT molecular complexity index is 158. The molecule has 2 atom stereocenters. The highest BCUT2D eigenvalue weighted by Gasteiger charge is 2.58. The minimum absolute atomic E-state index is 0.410. The second-order valence-corrected chi connectivity index (χ2v) is 7.32. The van der Waals surface area contributed by atoms with Crippen LogP contribution < -0.4 is 0 Å². The zero-order chi connectivity index (χ0) is 8.70. The van der Waals surface area contributed by atoms with Crippen LogP contribution in [-0.4, -0.2) is 19.3 Å². The topological polar surface area (TPSA) is 20.2 Å². The van der Waals surface area contributed by atoms with Crippen molar-refractivity contribution in [1.82, 2.24) is 0 Å². The average molecular weight is 184 g/mol. The quantitative estimate of drug-likeness (QED) is 0.653. The minimum atomic E-state index is -4.09. The van der Waals surface area contributed by atoms with E-state index >= 15 is 0 Å². The fourth-order valence-corrected chi connectivity index (χ4v) is 4.41. The van der Waals surface area contributed by atoms with Gasteiger partial charge in [0, 0.05) is 6.42 Å². The number of hydrogen-bond donors (Lipinski definition) is 1. The van der Waals surface area contributed by atoms with E-state index in [1.165, 1.54) is 0 Å². The van der Waals surface area contributed by atoms with Crippen LogP contribution >= 0.6 is 0 Å². The summed E-state index contributed by atoms with van der Waals surface area (Å²) in [6.45, 7) is 1.77. The van der Waals surface area contributed by atoms with Crippen molar-refractivity contribution in [3.8, 4) is 0 Å². The first-order valence-corrected chi connectivity index (χ1v) is 6.10. The van der Waals surface area contributed by atoms with Crippen molar-refractivity contribution in [2.75, 3.05) is 0 Å². The molecule has 66 valence electrons. The van der Waals surface area contributed by atoms with Crippen molar-refractivity contribution in [3.63, 3.8) is 0 Å². The van der Waals surface area contributed by atoms with E-state index in [0.29, 0.717) is 12.1 Å². The average Bonchev–Trinajstić information content (AvgIpc) is 2.40. The lowest BCUT2D eigenvalue weighted by Gasteiger charge is -2.06. The van der Waals surface area contributed by atoms with E-state index < -0.39 is 26.5 Å². The first kappa shape index (κ1) is 9.06. The van der Waals surface area contributed by atoms with E-state index in [-0.39, 0.29) is 0 Å². The molecule has 1 saturated heterocycles. The molecular formula is C6H11F3OSi. The zero-order valence-corrected chi connectivity index (χ0v) is 7.28. The number of rotatable bonds is 2. The predicted molar refractivity (Wildman–Crippen MR) is 37.7 cm³/mol. The summed E-state index contributed by atoms with van der Waals surface area (Å²) < 4.78 is 35.2. The third-order valence-corrected chi connectivity index (χ3v) is 6.12. The Morgan fingerprint density at radius 2 is 2.09 bits per heavy atom. The van der Waals surface area contributed by atoms with Gasteiger partial charge in [0.05, 0.1) is 0 Å². The van der Waals surface area contributed by atoms with Crippen molar-refractivity contribution in [3.05, 3.63) is 0 Å². The summed E-state index contributed by atoms with van der Waals surface area (Å²) in [6.07, 6.45) is -4.86. The van der Waals surface area contributed by atoms with Gasteiger partial charge in [0.1, 0.15) is 0 Å². The Balaban J connectivity index is 2.34. The molecule has 1 aliphatic heterocycles. The van der Waals surface area contributed by atoms with Gasteiger partial charge >= 0.3 is 6.18 Å². The maximum atomic E-state index is 11.7. The van der Waals surface area contributed by atoms with Crippen molar-refractivity contribution < 1.29 is 18.0 Å². The van der Waals surface area contributed by atoms with Crippen LogP contribution in [0.3, 0.4) is 0 Å². The molecule has 5 heteroatoms. The second-order valence-electron chi connectivity index (χ2n) is 3.18. The van der Waals surface area contributed by atoms with Gasteiger partial charge in [0.25, 0.3) is 0 Å². The molecule has 11 heavy (non-hydrogen) atoms. The Morgan fingerprint density at radius 3 is 2.36 bits per heavy atom. The maximum Gasteiger partial charge on any atom is 0.389 e. The van der Waals surface area contributed by atoms with Gasteiger partial charge in [-0.3, -0.25) is 0 Å². The minimum Gasteiger partial charge on any atom is -0.431 e. The Labute approximate surface area is 64.4 Å². The van der Waals surface area contributed by atoms with Gasteiger partial charge in [-0.25, -0.2) is 0 Å². The lowest BCUT2D eigenvalue weighted by atomic mass is 10.3. The molecule has 0 amide bonds. The molecule has 0 radical (unpaired) electrons. The van der Waals surface area contributed by atoms with Gasteiger partial charge < -0.3 is 4.80 Å². The van der Waals surface area contributed by atoms with Crippen LogP contribution in [0.5, 0.6) is 0 Å². The van der Waals surface area contributed by atoms with Gasteiger partial charge in [-0.05, 0) is 17.6 Å². The molecule has 0 aliphatic carbocycles. The summed E-state index contributed by atoms with van der Waals surface area (Å²) >= 11 is 0. The van der Waals surface area contributed by atoms with Crippen molar-refractivity contribution in [2.45, 2.75) is 37.2 Å². The molecule has 0 aromatic heterocycles. The molecule has 0 spiro atoms. The fourth-order valence-electron chi connectivity index (χ4n) is 1.34. The summed E-state index contributed by atoms with van der Waals surface area (Å²) in [6, 6.07) is 1.01. The SMILES string of the molecule is CC[Si]1(O)CC1CC(F)(F)F. The molecule has 1 aliphatic rings. The normalized spacial score (nSPS) is 37.4. The van der Waals surface area contributed by atoms with E-state index in [2.05, 4.69) is 0 Å². The van der Waals surface area contributed by atoms with E-state index in [0.717, 1.165) is 0 Å². The highest BCUT2D eigenvalue weighted by molar-refractivity contribution is 6.84. The molecule has 1 rings (SSSR count). The summed E-state index contributed by atoms with van der Waals surface area (Å²) in [5.74, 6) is 0. The lowest BCUT2D eigenvalue weighted by Crippen LogP contribution is -2.17. The summed E-state index contributed by atoms with van der Waals surface area (Å²) in [5.41, 5.74) is -0.410.